The van der Waals surface area contributed by atoms with Gasteiger partial charge >= 0.3 is 0 Å². The number of nitrogens with zero attached hydrogens (tertiary/aromatic N) is 4. The van der Waals surface area contributed by atoms with Crippen molar-refractivity contribution in [2.75, 3.05) is 13.2 Å². The fourth-order valence-corrected chi connectivity index (χ4v) is 1.94. The predicted octanol–water partition coefficient (Wildman–Crippen LogP) is 0.615. The molecule has 16 heavy (non-hydrogen) atoms. The number of aryl methyl sites for hydroxylation is 1. The third-order valence-corrected chi connectivity index (χ3v) is 2.86. The van der Waals surface area contributed by atoms with Gasteiger partial charge in [0, 0.05) is 13.1 Å². The smallest absolute Gasteiger partial charge is 0.146 e. The molecule has 0 amide bonds. The van der Waals surface area contributed by atoms with Crippen molar-refractivity contribution in [2.45, 2.75) is 25.4 Å². The van der Waals surface area contributed by atoms with Gasteiger partial charge in [-0.3, -0.25) is 4.90 Å². The molecule has 1 aromatic heterocycles. The zero-order chi connectivity index (χ0) is 9.97. The van der Waals surface area contributed by atoms with Crippen LogP contribution in [-0.4, -0.2) is 44.0 Å². The number of aromatic nitrogens is 3. The van der Waals surface area contributed by atoms with Gasteiger partial charge in [0.2, 0.25) is 0 Å². The minimum atomic E-state index is 0. The Balaban J connectivity index is 0.00000112. The number of hydrogen-bond acceptors (Lipinski definition) is 4. The lowest BCUT2D eigenvalue weighted by molar-refractivity contribution is 0.150. The Morgan fingerprint density at radius 3 is 2.81 bits per heavy atom. The summed E-state index contributed by atoms with van der Waals surface area (Å²) in [5.74, 6) is 0.963. The second-order valence-corrected chi connectivity index (χ2v) is 3.81. The Hall–Kier alpha value is -0.360. The van der Waals surface area contributed by atoms with Gasteiger partial charge in [0.05, 0.1) is 13.2 Å². The fourth-order valence-electron chi connectivity index (χ4n) is 1.94. The number of likely N-dealkylation sites (tertiary alicyclic amines) is 1. The van der Waals surface area contributed by atoms with Crippen LogP contribution in [0.25, 0.3) is 0 Å². The summed E-state index contributed by atoms with van der Waals surface area (Å²) in [6.07, 6.45) is 3.97. The van der Waals surface area contributed by atoms with Gasteiger partial charge in [0.15, 0.2) is 0 Å². The molecular formula is C9H18Cl2N4O. The summed E-state index contributed by atoms with van der Waals surface area (Å²) in [7, 11) is 1.94. The lowest BCUT2D eigenvalue weighted by atomic mass is 10.2. The van der Waals surface area contributed by atoms with E-state index in [4.69, 9.17) is 5.11 Å². The van der Waals surface area contributed by atoms with E-state index < -0.39 is 0 Å². The number of aliphatic hydroxyl groups excluding tert-OH is 1. The fraction of sp³-hybridized carbons (Fsp3) is 0.778. The summed E-state index contributed by atoms with van der Waals surface area (Å²) in [5.41, 5.74) is 0. The van der Waals surface area contributed by atoms with Crippen LogP contribution in [0.5, 0.6) is 0 Å². The highest BCUT2D eigenvalue weighted by molar-refractivity contribution is 5.85. The topological polar surface area (TPSA) is 54.2 Å². The van der Waals surface area contributed by atoms with Crippen LogP contribution in [0, 0.1) is 0 Å². The largest absolute Gasteiger partial charge is 0.395 e. The summed E-state index contributed by atoms with van der Waals surface area (Å²) in [5, 5.41) is 17.0. The van der Waals surface area contributed by atoms with Crippen molar-refractivity contribution in [1.29, 1.82) is 0 Å². The molecule has 1 fully saturated rings. The van der Waals surface area contributed by atoms with Crippen molar-refractivity contribution < 1.29 is 5.11 Å². The van der Waals surface area contributed by atoms with Crippen LogP contribution in [0.3, 0.4) is 0 Å². The second kappa shape index (κ2) is 7.06. The van der Waals surface area contributed by atoms with Crippen LogP contribution >= 0.6 is 24.8 Å². The van der Waals surface area contributed by atoms with E-state index in [2.05, 4.69) is 15.1 Å². The highest BCUT2D eigenvalue weighted by atomic mass is 35.5. The maximum atomic E-state index is 9.15. The highest BCUT2D eigenvalue weighted by Gasteiger charge is 2.24. The highest BCUT2D eigenvalue weighted by Crippen LogP contribution is 2.18. The number of hydrogen-bond donors (Lipinski definition) is 1. The minimum Gasteiger partial charge on any atom is -0.395 e. The van der Waals surface area contributed by atoms with Gasteiger partial charge in [0.25, 0.3) is 0 Å². The quantitative estimate of drug-likeness (QED) is 0.873. The average Bonchev–Trinajstić information content (AvgIpc) is 2.77. The SMILES string of the molecule is Cl.Cl.Cn1cnnc1CN1CCCC1CO. The summed E-state index contributed by atoms with van der Waals surface area (Å²) in [4.78, 5) is 2.27. The van der Waals surface area contributed by atoms with E-state index in [0.717, 1.165) is 25.3 Å². The molecule has 2 heterocycles. The van der Waals surface area contributed by atoms with Gasteiger partial charge in [-0.15, -0.1) is 35.0 Å². The molecular weight excluding hydrogens is 251 g/mol. The standard InChI is InChI=1S/C9H16N4O.2ClH/c1-12-7-10-11-9(12)5-13-4-2-3-8(13)6-14;;/h7-8,14H,2-6H2,1H3;2*1H. The zero-order valence-corrected chi connectivity index (χ0v) is 10.9. The van der Waals surface area contributed by atoms with Crippen molar-refractivity contribution in [3.63, 3.8) is 0 Å². The molecule has 1 unspecified atom stereocenters. The van der Waals surface area contributed by atoms with Crippen LogP contribution in [-0.2, 0) is 13.6 Å². The Morgan fingerprint density at radius 1 is 1.50 bits per heavy atom. The molecule has 0 saturated carbocycles. The van der Waals surface area contributed by atoms with Crippen molar-refractivity contribution >= 4 is 24.8 Å². The van der Waals surface area contributed by atoms with E-state index in [-0.39, 0.29) is 31.4 Å². The molecule has 0 radical (unpaired) electrons. The molecule has 0 spiro atoms. The molecule has 1 saturated heterocycles. The molecule has 0 bridgehead atoms. The summed E-state index contributed by atoms with van der Waals surface area (Å²) in [6.45, 7) is 2.09. The number of halogens is 2. The van der Waals surface area contributed by atoms with Gasteiger partial charge in [0.1, 0.15) is 12.2 Å². The van der Waals surface area contributed by atoms with Gasteiger partial charge < -0.3 is 9.67 Å². The molecule has 1 atom stereocenters. The van der Waals surface area contributed by atoms with Crippen LogP contribution in [0.2, 0.25) is 0 Å². The summed E-state index contributed by atoms with van der Waals surface area (Å²) < 4.78 is 1.92. The van der Waals surface area contributed by atoms with E-state index in [9.17, 15) is 0 Å². The normalized spacial score (nSPS) is 20.2. The molecule has 2 rings (SSSR count). The second-order valence-electron chi connectivity index (χ2n) is 3.81. The first-order valence-electron chi connectivity index (χ1n) is 4.99. The molecule has 1 N–H and O–H groups in total. The molecule has 1 aromatic rings. The van der Waals surface area contributed by atoms with E-state index in [0.29, 0.717) is 6.04 Å². The third kappa shape index (κ3) is 3.31. The Morgan fingerprint density at radius 2 is 2.25 bits per heavy atom. The van der Waals surface area contributed by atoms with E-state index in [1.165, 1.54) is 6.42 Å². The van der Waals surface area contributed by atoms with Crippen LogP contribution in [0.15, 0.2) is 6.33 Å². The first-order chi connectivity index (χ1) is 6.81. The Kier molecular flexibility index (Phi) is 6.90. The third-order valence-electron chi connectivity index (χ3n) is 2.86. The lowest BCUT2D eigenvalue weighted by Gasteiger charge is -2.21. The minimum absolute atomic E-state index is 0. The lowest BCUT2D eigenvalue weighted by Crippen LogP contribution is -2.32. The molecule has 5 nitrogen and oxygen atoms in total. The molecule has 0 aromatic carbocycles. The maximum Gasteiger partial charge on any atom is 0.146 e. The van der Waals surface area contributed by atoms with E-state index in [1.54, 1.807) is 6.33 Å². The summed E-state index contributed by atoms with van der Waals surface area (Å²) in [6, 6.07) is 0.312. The van der Waals surface area contributed by atoms with Gasteiger partial charge in [-0.05, 0) is 19.4 Å². The Labute approximate surface area is 108 Å². The van der Waals surface area contributed by atoms with Crippen molar-refractivity contribution in [1.82, 2.24) is 19.7 Å². The monoisotopic (exact) mass is 268 g/mol. The number of aliphatic hydroxyl groups is 1. The van der Waals surface area contributed by atoms with Gasteiger partial charge in [-0.25, -0.2) is 0 Å². The first-order valence-corrected chi connectivity index (χ1v) is 4.99. The number of rotatable bonds is 3. The zero-order valence-electron chi connectivity index (χ0n) is 9.24. The average molecular weight is 269 g/mol. The van der Waals surface area contributed by atoms with Crippen LogP contribution in [0.1, 0.15) is 18.7 Å². The van der Waals surface area contributed by atoms with Crippen molar-refractivity contribution in [3.05, 3.63) is 12.2 Å². The van der Waals surface area contributed by atoms with E-state index in [1.807, 2.05) is 11.6 Å². The van der Waals surface area contributed by atoms with E-state index >= 15 is 0 Å². The molecule has 1 aliphatic heterocycles. The van der Waals surface area contributed by atoms with Crippen LogP contribution in [0.4, 0.5) is 0 Å². The van der Waals surface area contributed by atoms with Crippen molar-refractivity contribution in [2.24, 2.45) is 7.05 Å². The van der Waals surface area contributed by atoms with Crippen molar-refractivity contribution in [3.8, 4) is 0 Å². The van der Waals surface area contributed by atoms with Crippen LogP contribution < -0.4 is 0 Å². The van der Waals surface area contributed by atoms with Gasteiger partial charge in [-0.2, -0.15) is 0 Å². The van der Waals surface area contributed by atoms with Gasteiger partial charge in [-0.1, -0.05) is 0 Å². The first kappa shape index (κ1) is 15.6. The molecule has 0 aliphatic carbocycles. The summed E-state index contributed by atoms with van der Waals surface area (Å²) >= 11 is 0. The predicted molar refractivity (Wildman–Crippen MR) is 66.0 cm³/mol. The Bertz CT molecular complexity index is 307. The molecule has 7 heteroatoms. The molecule has 94 valence electrons. The maximum absolute atomic E-state index is 9.15. The molecule has 1 aliphatic rings.